The Balaban J connectivity index is 1.67. The lowest BCUT2D eigenvalue weighted by Crippen LogP contribution is -2.14. The van der Waals surface area contributed by atoms with Gasteiger partial charge in [-0.2, -0.15) is 0 Å². The molecule has 0 bridgehead atoms. The number of hydrogen-bond acceptors (Lipinski definition) is 5. The minimum absolute atomic E-state index is 0.0589. The van der Waals surface area contributed by atoms with E-state index in [0.717, 1.165) is 47.4 Å². The highest BCUT2D eigenvalue weighted by molar-refractivity contribution is 7.99. The molecule has 3 aromatic rings. The van der Waals surface area contributed by atoms with Crippen LogP contribution in [0.1, 0.15) is 31.6 Å². The lowest BCUT2D eigenvalue weighted by Gasteiger charge is -2.09. The Morgan fingerprint density at radius 3 is 2.59 bits per heavy atom. The molecule has 2 heterocycles. The molecule has 0 atom stereocenters. The highest BCUT2D eigenvalue weighted by Crippen LogP contribution is 2.27. The molecule has 2 aromatic heterocycles. The number of nitrogens with one attached hydrogen (secondary N) is 1. The largest absolute Gasteiger partial charge is 0.469 e. The molecule has 7 heteroatoms. The second-order valence-electron chi connectivity index (χ2n) is 6.24. The highest BCUT2D eigenvalue weighted by Gasteiger charge is 2.17. The van der Waals surface area contributed by atoms with Gasteiger partial charge in [0.15, 0.2) is 11.0 Å². The van der Waals surface area contributed by atoms with Crippen molar-refractivity contribution in [2.75, 3.05) is 11.1 Å². The predicted octanol–water partition coefficient (Wildman–Crippen LogP) is 4.55. The standard InChI is InChI=1S/C20H24N4O2S/c1-4-11-24-19(17-10-12-26-14(17)3)22-23-20(24)27-13-18(25)21-16-8-6-15(5-2)7-9-16/h6-10,12H,4-5,11,13H2,1-3H3,(H,21,25). The van der Waals surface area contributed by atoms with E-state index in [-0.39, 0.29) is 11.7 Å². The lowest BCUT2D eigenvalue weighted by atomic mass is 10.1. The summed E-state index contributed by atoms with van der Waals surface area (Å²) in [7, 11) is 0. The van der Waals surface area contributed by atoms with Crippen LogP contribution in [-0.2, 0) is 17.8 Å². The quantitative estimate of drug-likeness (QED) is 0.577. The first-order valence-electron chi connectivity index (χ1n) is 9.11. The summed E-state index contributed by atoms with van der Waals surface area (Å²) in [5.41, 5.74) is 2.99. The average Bonchev–Trinajstić information content (AvgIpc) is 3.27. The van der Waals surface area contributed by atoms with Gasteiger partial charge in [0, 0.05) is 12.2 Å². The average molecular weight is 385 g/mol. The Labute approximate surface area is 163 Å². The maximum atomic E-state index is 12.3. The molecule has 142 valence electrons. The van der Waals surface area contributed by atoms with Crippen LogP contribution in [-0.4, -0.2) is 26.4 Å². The van der Waals surface area contributed by atoms with E-state index in [1.807, 2.05) is 41.8 Å². The number of benzene rings is 1. The van der Waals surface area contributed by atoms with E-state index in [1.165, 1.54) is 17.3 Å². The van der Waals surface area contributed by atoms with E-state index in [2.05, 4.69) is 29.4 Å². The zero-order valence-corrected chi connectivity index (χ0v) is 16.7. The van der Waals surface area contributed by atoms with E-state index in [9.17, 15) is 4.79 Å². The monoisotopic (exact) mass is 384 g/mol. The van der Waals surface area contributed by atoms with Gasteiger partial charge in [-0.1, -0.05) is 37.7 Å². The molecular weight excluding hydrogens is 360 g/mol. The van der Waals surface area contributed by atoms with Crippen LogP contribution >= 0.6 is 11.8 Å². The van der Waals surface area contributed by atoms with Gasteiger partial charge in [0.1, 0.15) is 5.76 Å². The van der Waals surface area contributed by atoms with Crippen molar-refractivity contribution in [1.29, 1.82) is 0 Å². The van der Waals surface area contributed by atoms with Crippen LogP contribution in [0.2, 0.25) is 0 Å². The molecule has 0 saturated carbocycles. The molecule has 27 heavy (non-hydrogen) atoms. The number of thioether (sulfide) groups is 1. The van der Waals surface area contributed by atoms with Gasteiger partial charge in [0.2, 0.25) is 5.91 Å². The first kappa shape index (κ1) is 19.2. The van der Waals surface area contributed by atoms with Gasteiger partial charge in [0.25, 0.3) is 0 Å². The first-order chi connectivity index (χ1) is 13.1. The summed E-state index contributed by atoms with van der Waals surface area (Å²) < 4.78 is 7.44. The number of nitrogens with zero attached hydrogens (tertiary/aromatic N) is 3. The minimum Gasteiger partial charge on any atom is -0.469 e. The molecule has 1 amide bonds. The van der Waals surface area contributed by atoms with Crippen LogP contribution in [0.5, 0.6) is 0 Å². The summed E-state index contributed by atoms with van der Waals surface area (Å²) >= 11 is 1.39. The normalized spacial score (nSPS) is 10.9. The number of anilines is 1. The van der Waals surface area contributed by atoms with Crippen molar-refractivity contribution in [3.05, 3.63) is 47.9 Å². The minimum atomic E-state index is -0.0589. The number of aryl methyl sites for hydroxylation is 2. The molecule has 0 fully saturated rings. The summed E-state index contributed by atoms with van der Waals surface area (Å²) in [6, 6.07) is 9.81. The van der Waals surface area contributed by atoms with Crippen LogP contribution in [0.4, 0.5) is 5.69 Å². The fraction of sp³-hybridized carbons (Fsp3) is 0.350. The van der Waals surface area contributed by atoms with Crippen LogP contribution in [0, 0.1) is 6.92 Å². The van der Waals surface area contributed by atoms with Crippen LogP contribution in [0.25, 0.3) is 11.4 Å². The second kappa shape index (κ2) is 8.90. The van der Waals surface area contributed by atoms with E-state index in [1.54, 1.807) is 6.26 Å². The Kier molecular flexibility index (Phi) is 6.34. The van der Waals surface area contributed by atoms with Crippen molar-refractivity contribution in [1.82, 2.24) is 14.8 Å². The zero-order chi connectivity index (χ0) is 19.2. The molecule has 0 unspecified atom stereocenters. The number of hydrogen-bond donors (Lipinski definition) is 1. The van der Waals surface area contributed by atoms with Gasteiger partial charge in [-0.05, 0) is 43.5 Å². The molecule has 0 aliphatic carbocycles. The van der Waals surface area contributed by atoms with Crippen LogP contribution in [0.3, 0.4) is 0 Å². The van der Waals surface area contributed by atoms with Crippen molar-refractivity contribution in [3.63, 3.8) is 0 Å². The fourth-order valence-electron chi connectivity index (χ4n) is 2.79. The topological polar surface area (TPSA) is 73.0 Å². The fourth-order valence-corrected chi connectivity index (χ4v) is 3.55. The van der Waals surface area contributed by atoms with Gasteiger partial charge in [-0.15, -0.1) is 10.2 Å². The van der Waals surface area contributed by atoms with Gasteiger partial charge >= 0.3 is 0 Å². The van der Waals surface area contributed by atoms with E-state index in [0.29, 0.717) is 0 Å². The Bertz CT molecular complexity index is 899. The number of furan rings is 1. The van der Waals surface area contributed by atoms with E-state index >= 15 is 0 Å². The Hall–Kier alpha value is -2.54. The zero-order valence-electron chi connectivity index (χ0n) is 15.9. The molecule has 6 nitrogen and oxygen atoms in total. The first-order valence-corrected chi connectivity index (χ1v) is 10.1. The van der Waals surface area contributed by atoms with Gasteiger partial charge in [-0.3, -0.25) is 4.79 Å². The van der Waals surface area contributed by atoms with Crippen molar-refractivity contribution in [3.8, 4) is 11.4 Å². The SMILES string of the molecule is CCCn1c(SCC(=O)Nc2ccc(CC)cc2)nnc1-c1ccoc1C. The van der Waals surface area contributed by atoms with Crippen molar-refractivity contribution >= 4 is 23.4 Å². The number of aromatic nitrogens is 3. The smallest absolute Gasteiger partial charge is 0.234 e. The predicted molar refractivity (Wildman–Crippen MR) is 108 cm³/mol. The Morgan fingerprint density at radius 1 is 1.19 bits per heavy atom. The maximum Gasteiger partial charge on any atom is 0.234 e. The highest BCUT2D eigenvalue weighted by atomic mass is 32.2. The third-order valence-corrected chi connectivity index (χ3v) is 5.21. The molecule has 0 radical (unpaired) electrons. The van der Waals surface area contributed by atoms with Crippen molar-refractivity contribution in [2.24, 2.45) is 0 Å². The number of carbonyl (C=O) groups is 1. The molecular formula is C20H24N4O2S. The summed E-state index contributed by atoms with van der Waals surface area (Å²) in [4.78, 5) is 12.3. The molecule has 3 rings (SSSR count). The number of carbonyl (C=O) groups excluding carboxylic acids is 1. The molecule has 0 aliphatic heterocycles. The lowest BCUT2D eigenvalue weighted by molar-refractivity contribution is -0.113. The summed E-state index contributed by atoms with van der Waals surface area (Å²) in [6.07, 6.45) is 3.58. The van der Waals surface area contributed by atoms with E-state index < -0.39 is 0 Å². The molecule has 0 spiro atoms. The molecule has 0 aliphatic rings. The van der Waals surface area contributed by atoms with Crippen molar-refractivity contribution in [2.45, 2.75) is 45.3 Å². The van der Waals surface area contributed by atoms with Crippen LogP contribution in [0.15, 0.2) is 46.2 Å². The molecule has 1 aromatic carbocycles. The van der Waals surface area contributed by atoms with Gasteiger partial charge < -0.3 is 14.3 Å². The molecule has 0 saturated heterocycles. The second-order valence-corrected chi connectivity index (χ2v) is 7.18. The third-order valence-electron chi connectivity index (χ3n) is 4.24. The van der Waals surface area contributed by atoms with Gasteiger partial charge in [-0.25, -0.2) is 0 Å². The Morgan fingerprint density at radius 2 is 1.96 bits per heavy atom. The summed E-state index contributed by atoms with van der Waals surface area (Å²) in [5.74, 6) is 1.81. The number of rotatable bonds is 8. The summed E-state index contributed by atoms with van der Waals surface area (Å²) in [5, 5.41) is 12.3. The number of amides is 1. The maximum absolute atomic E-state index is 12.3. The third kappa shape index (κ3) is 4.60. The van der Waals surface area contributed by atoms with E-state index in [4.69, 9.17) is 4.42 Å². The summed E-state index contributed by atoms with van der Waals surface area (Å²) in [6.45, 7) is 6.91. The van der Waals surface area contributed by atoms with Crippen molar-refractivity contribution < 1.29 is 9.21 Å². The van der Waals surface area contributed by atoms with Crippen LogP contribution < -0.4 is 5.32 Å². The van der Waals surface area contributed by atoms with Gasteiger partial charge in [0.05, 0.1) is 17.6 Å². The molecule has 1 N–H and O–H groups in total.